The van der Waals surface area contributed by atoms with Crippen LogP contribution in [-0.2, 0) is 4.79 Å². The lowest BCUT2D eigenvalue weighted by Crippen LogP contribution is -2.46. The number of aliphatic hydroxyl groups excluding tert-OH is 1. The highest BCUT2D eigenvalue weighted by atomic mass is 16.4. The highest BCUT2D eigenvalue weighted by Gasteiger charge is 2.38. The summed E-state index contributed by atoms with van der Waals surface area (Å²) in [4.78, 5) is 24.0. The van der Waals surface area contributed by atoms with Crippen molar-refractivity contribution < 1.29 is 19.8 Å². The molecule has 6 heteroatoms. The summed E-state index contributed by atoms with van der Waals surface area (Å²) in [7, 11) is 0. The van der Waals surface area contributed by atoms with Crippen LogP contribution in [0.3, 0.4) is 0 Å². The zero-order valence-electron chi connectivity index (χ0n) is 10.3. The number of amides is 2. The maximum atomic E-state index is 11.8. The molecule has 0 radical (unpaired) electrons. The Hall–Kier alpha value is -1.30. The van der Waals surface area contributed by atoms with Crippen molar-refractivity contribution in [2.45, 2.75) is 44.2 Å². The van der Waals surface area contributed by atoms with E-state index in [1.54, 1.807) is 0 Å². The molecule has 2 aliphatic rings. The average molecular weight is 256 g/mol. The highest BCUT2D eigenvalue weighted by molar-refractivity contribution is 5.83. The number of nitrogens with one attached hydrogen (secondary N) is 1. The van der Waals surface area contributed by atoms with E-state index in [4.69, 9.17) is 5.11 Å². The van der Waals surface area contributed by atoms with Crippen LogP contribution in [0.2, 0.25) is 0 Å². The van der Waals surface area contributed by atoms with Gasteiger partial charge in [-0.2, -0.15) is 0 Å². The zero-order valence-corrected chi connectivity index (χ0v) is 10.3. The first-order valence-electron chi connectivity index (χ1n) is 6.53. The number of carbonyl (C=O) groups excluding carboxylic acids is 1. The van der Waals surface area contributed by atoms with Crippen molar-refractivity contribution >= 4 is 12.0 Å². The molecule has 0 spiro atoms. The lowest BCUT2D eigenvalue weighted by molar-refractivity contribution is -0.141. The van der Waals surface area contributed by atoms with E-state index in [1.165, 1.54) is 17.7 Å². The number of carbonyl (C=O) groups is 2. The van der Waals surface area contributed by atoms with E-state index in [1.807, 2.05) is 0 Å². The average Bonchev–Trinajstić information content (AvgIpc) is 3.05. The third-order valence-electron chi connectivity index (χ3n) is 3.59. The first-order valence-corrected chi connectivity index (χ1v) is 6.53. The van der Waals surface area contributed by atoms with Crippen LogP contribution in [0.4, 0.5) is 4.79 Å². The van der Waals surface area contributed by atoms with Crippen molar-refractivity contribution in [3.8, 4) is 0 Å². The van der Waals surface area contributed by atoms with Crippen LogP contribution in [0.1, 0.15) is 32.1 Å². The van der Waals surface area contributed by atoms with Gasteiger partial charge in [0.1, 0.15) is 6.04 Å². The van der Waals surface area contributed by atoms with Gasteiger partial charge >= 0.3 is 12.0 Å². The Bertz CT molecular complexity index is 330. The molecule has 2 fully saturated rings. The van der Waals surface area contributed by atoms with Gasteiger partial charge < -0.3 is 20.4 Å². The van der Waals surface area contributed by atoms with Crippen molar-refractivity contribution in [1.29, 1.82) is 0 Å². The highest BCUT2D eigenvalue weighted by Crippen LogP contribution is 2.33. The normalized spacial score (nSPS) is 27.3. The Balaban J connectivity index is 1.73. The Kier molecular flexibility index (Phi) is 4.06. The summed E-state index contributed by atoms with van der Waals surface area (Å²) in [6.07, 6.45) is 4.05. The van der Waals surface area contributed by atoms with Gasteiger partial charge in [0, 0.05) is 19.5 Å². The van der Waals surface area contributed by atoms with E-state index in [9.17, 15) is 14.7 Å². The van der Waals surface area contributed by atoms with Crippen molar-refractivity contribution in [2.75, 3.05) is 13.1 Å². The number of nitrogens with zero attached hydrogens (tertiary/aromatic N) is 1. The van der Waals surface area contributed by atoms with Gasteiger partial charge in [0.15, 0.2) is 0 Å². The second-order valence-electron chi connectivity index (χ2n) is 5.21. The number of aliphatic carboxylic acids is 1. The maximum Gasteiger partial charge on any atom is 0.326 e. The number of likely N-dealkylation sites (tertiary alicyclic amines) is 1. The van der Waals surface area contributed by atoms with Gasteiger partial charge in [0.25, 0.3) is 0 Å². The van der Waals surface area contributed by atoms with Gasteiger partial charge in [-0.05, 0) is 18.8 Å². The number of rotatable bonds is 5. The van der Waals surface area contributed by atoms with Crippen molar-refractivity contribution in [2.24, 2.45) is 5.92 Å². The summed E-state index contributed by atoms with van der Waals surface area (Å²) in [5.41, 5.74) is 0. The number of hydrogen-bond acceptors (Lipinski definition) is 3. The van der Waals surface area contributed by atoms with Crippen LogP contribution < -0.4 is 5.32 Å². The number of hydrogen-bond donors (Lipinski definition) is 3. The molecule has 0 aromatic rings. The molecule has 102 valence electrons. The number of carboxylic acids is 1. The number of carboxylic acid groups (broad SMARTS) is 1. The molecule has 0 aromatic carbocycles. The van der Waals surface area contributed by atoms with E-state index in [0.29, 0.717) is 6.54 Å². The molecule has 6 nitrogen and oxygen atoms in total. The van der Waals surface area contributed by atoms with Gasteiger partial charge in [-0.3, -0.25) is 0 Å². The van der Waals surface area contributed by atoms with Gasteiger partial charge in [-0.25, -0.2) is 9.59 Å². The molecule has 3 N–H and O–H groups in total. The SMILES string of the molecule is O=C(O)C1CC(O)CN1C(=O)NCCCC1CC1. The van der Waals surface area contributed by atoms with Crippen LogP contribution >= 0.6 is 0 Å². The number of aliphatic hydroxyl groups is 1. The van der Waals surface area contributed by atoms with Crippen molar-refractivity contribution in [3.63, 3.8) is 0 Å². The summed E-state index contributed by atoms with van der Waals surface area (Å²) >= 11 is 0. The molecule has 2 atom stereocenters. The monoisotopic (exact) mass is 256 g/mol. The predicted molar refractivity (Wildman–Crippen MR) is 64.1 cm³/mol. The van der Waals surface area contributed by atoms with Crippen LogP contribution in [0.5, 0.6) is 0 Å². The van der Waals surface area contributed by atoms with E-state index in [-0.39, 0.29) is 19.0 Å². The quantitative estimate of drug-likeness (QED) is 0.621. The molecule has 0 aromatic heterocycles. The second kappa shape index (κ2) is 5.56. The second-order valence-corrected chi connectivity index (χ2v) is 5.21. The van der Waals surface area contributed by atoms with Crippen LogP contribution in [-0.4, -0.2) is 52.3 Å². The van der Waals surface area contributed by atoms with Crippen LogP contribution in [0.25, 0.3) is 0 Å². The topological polar surface area (TPSA) is 89.9 Å². The molecular weight excluding hydrogens is 236 g/mol. The Morgan fingerprint density at radius 1 is 1.33 bits per heavy atom. The number of urea groups is 1. The first-order chi connectivity index (χ1) is 8.58. The minimum absolute atomic E-state index is 0.103. The minimum atomic E-state index is -1.06. The smallest absolute Gasteiger partial charge is 0.326 e. The minimum Gasteiger partial charge on any atom is -0.480 e. The summed E-state index contributed by atoms with van der Waals surface area (Å²) in [5, 5.41) is 21.1. The molecular formula is C12H20N2O4. The van der Waals surface area contributed by atoms with E-state index >= 15 is 0 Å². The van der Waals surface area contributed by atoms with E-state index < -0.39 is 18.1 Å². The molecule has 2 rings (SSSR count). The molecule has 0 bridgehead atoms. The van der Waals surface area contributed by atoms with E-state index in [2.05, 4.69) is 5.32 Å². The fraction of sp³-hybridized carbons (Fsp3) is 0.833. The molecule has 1 saturated carbocycles. The van der Waals surface area contributed by atoms with Crippen molar-refractivity contribution in [3.05, 3.63) is 0 Å². The van der Waals surface area contributed by atoms with Gasteiger partial charge in [0.2, 0.25) is 0 Å². The van der Waals surface area contributed by atoms with Crippen LogP contribution in [0, 0.1) is 5.92 Å². The van der Waals surface area contributed by atoms with Gasteiger partial charge in [-0.15, -0.1) is 0 Å². The Morgan fingerprint density at radius 2 is 2.06 bits per heavy atom. The molecule has 2 amide bonds. The summed E-state index contributed by atoms with van der Waals surface area (Å²) in [5.74, 6) is -0.220. The fourth-order valence-electron chi connectivity index (χ4n) is 2.37. The lowest BCUT2D eigenvalue weighted by atomic mass is 10.2. The van der Waals surface area contributed by atoms with Crippen LogP contribution in [0.15, 0.2) is 0 Å². The van der Waals surface area contributed by atoms with Gasteiger partial charge in [0.05, 0.1) is 6.10 Å². The third kappa shape index (κ3) is 3.35. The predicted octanol–water partition coefficient (Wildman–Crippen LogP) is 0.406. The fourth-order valence-corrected chi connectivity index (χ4v) is 2.37. The van der Waals surface area contributed by atoms with E-state index in [0.717, 1.165) is 18.8 Å². The number of β-amino-alcohol motifs (C(OH)–C–C–N with tert-alkyl or cyclic N) is 1. The lowest BCUT2D eigenvalue weighted by Gasteiger charge is -2.21. The molecule has 1 aliphatic heterocycles. The van der Waals surface area contributed by atoms with Crippen molar-refractivity contribution in [1.82, 2.24) is 10.2 Å². The molecule has 18 heavy (non-hydrogen) atoms. The third-order valence-corrected chi connectivity index (χ3v) is 3.59. The largest absolute Gasteiger partial charge is 0.480 e. The summed E-state index contributed by atoms with van der Waals surface area (Å²) < 4.78 is 0. The first kappa shape index (κ1) is 13.1. The molecule has 1 saturated heterocycles. The standard InChI is InChI=1S/C12H20N2O4/c15-9-6-10(11(16)17)14(7-9)12(18)13-5-1-2-8-3-4-8/h8-10,15H,1-7H2,(H,13,18)(H,16,17). The molecule has 1 heterocycles. The Labute approximate surface area is 106 Å². The molecule has 1 aliphatic carbocycles. The zero-order chi connectivity index (χ0) is 13.1. The summed E-state index contributed by atoms with van der Waals surface area (Å²) in [6.45, 7) is 0.680. The molecule has 2 unspecified atom stereocenters. The summed E-state index contributed by atoms with van der Waals surface area (Å²) in [6, 6.07) is -1.28. The Morgan fingerprint density at radius 3 is 2.67 bits per heavy atom. The maximum absolute atomic E-state index is 11.8. The van der Waals surface area contributed by atoms with Gasteiger partial charge in [-0.1, -0.05) is 12.8 Å².